The Bertz CT molecular complexity index is 621. The van der Waals surface area contributed by atoms with Gasteiger partial charge in [-0.25, -0.2) is 9.59 Å². The van der Waals surface area contributed by atoms with E-state index in [0.717, 1.165) is 25.7 Å². The number of ether oxygens (including phenoxy) is 2. The first kappa shape index (κ1) is 23.9. The van der Waals surface area contributed by atoms with Crippen molar-refractivity contribution in [2.24, 2.45) is 11.8 Å². The molecule has 2 saturated carbocycles. The zero-order valence-corrected chi connectivity index (χ0v) is 17.7. The van der Waals surface area contributed by atoms with Crippen molar-refractivity contribution in [3.05, 3.63) is 11.1 Å². The van der Waals surface area contributed by atoms with Crippen molar-refractivity contribution in [1.82, 2.24) is 0 Å². The van der Waals surface area contributed by atoms with E-state index >= 15 is 0 Å². The van der Waals surface area contributed by atoms with Gasteiger partial charge in [0.15, 0.2) is 0 Å². The molecule has 168 valence electrons. The van der Waals surface area contributed by atoms with Gasteiger partial charge in [-0.05, 0) is 63.2 Å². The van der Waals surface area contributed by atoms with Gasteiger partial charge in [0.1, 0.15) is 12.2 Å². The van der Waals surface area contributed by atoms with E-state index < -0.39 is 47.9 Å². The average Bonchev–Trinajstić information content (AvgIpc) is 2.68. The number of rotatable bonds is 8. The molecule has 0 radical (unpaired) electrons. The molecule has 8 heteroatoms. The Morgan fingerprint density at radius 3 is 1.20 bits per heavy atom. The molecular formula is C22H32O8. The van der Waals surface area contributed by atoms with E-state index in [-0.39, 0.29) is 12.2 Å². The quantitative estimate of drug-likeness (QED) is 0.448. The van der Waals surface area contributed by atoms with Crippen LogP contribution in [0.1, 0.15) is 78.1 Å². The van der Waals surface area contributed by atoms with Gasteiger partial charge in [0.05, 0.1) is 24.0 Å². The lowest BCUT2D eigenvalue weighted by molar-refractivity contribution is -0.152. The fourth-order valence-corrected chi connectivity index (χ4v) is 4.06. The molecule has 0 aromatic heterocycles. The van der Waals surface area contributed by atoms with Crippen LogP contribution in [0, 0.1) is 11.8 Å². The predicted molar refractivity (Wildman–Crippen MR) is 107 cm³/mol. The van der Waals surface area contributed by atoms with Crippen molar-refractivity contribution in [3.63, 3.8) is 0 Å². The van der Waals surface area contributed by atoms with Crippen molar-refractivity contribution >= 4 is 23.9 Å². The summed E-state index contributed by atoms with van der Waals surface area (Å²) in [4.78, 5) is 47.8. The van der Waals surface area contributed by atoms with Gasteiger partial charge in [-0.15, -0.1) is 0 Å². The summed E-state index contributed by atoms with van der Waals surface area (Å²) in [6, 6.07) is 0. The minimum Gasteiger partial charge on any atom is -0.478 e. The van der Waals surface area contributed by atoms with Crippen LogP contribution < -0.4 is 0 Å². The first-order valence-electron chi connectivity index (χ1n) is 10.7. The van der Waals surface area contributed by atoms with Crippen LogP contribution in [0.25, 0.3) is 0 Å². The third kappa shape index (κ3) is 7.46. The normalized spacial score (nSPS) is 27.5. The van der Waals surface area contributed by atoms with Crippen LogP contribution in [0.5, 0.6) is 0 Å². The van der Waals surface area contributed by atoms with Gasteiger partial charge >= 0.3 is 23.9 Å². The molecule has 0 spiro atoms. The van der Waals surface area contributed by atoms with Gasteiger partial charge in [-0.1, -0.05) is 13.8 Å². The number of hydrogen-bond acceptors (Lipinski definition) is 6. The predicted octanol–water partition coefficient (Wildman–Crippen LogP) is 3.48. The third-order valence-electron chi connectivity index (χ3n) is 6.04. The number of aliphatic carboxylic acids is 2. The topological polar surface area (TPSA) is 127 Å². The smallest absolute Gasteiger partial charge is 0.332 e. The van der Waals surface area contributed by atoms with Crippen LogP contribution in [0.4, 0.5) is 0 Å². The third-order valence-corrected chi connectivity index (χ3v) is 6.04. The van der Waals surface area contributed by atoms with E-state index in [1.165, 1.54) is 0 Å². The molecule has 0 saturated heterocycles. The lowest BCUT2D eigenvalue weighted by atomic mass is 9.89. The van der Waals surface area contributed by atoms with E-state index in [1.54, 1.807) is 0 Å². The summed E-state index contributed by atoms with van der Waals surface area (Å²) in [5, 5.41) is 18.9. The van der Waals surface area contributed by atoms with E-state index in [9.17, 15) is 29.4 Å². The number of carboxylic acid groups (broad SMARTS) is 2. The second kappa shape index (κ2) is 11.1. The standard InChI is InChI=1S/C22H32O8/c1-13-3-7-15(8-4-13)29-19(23)11-17(21(25)26)18(22(27)28)12-20(24)30-16-9-5-14(2)6-10-16/h13-16H,3-12H2,1-2H3,(H,25,26)(H,27,28). The Morgan fingerprint density at radius 1 is 0.633 bits per heavy atom. The molecule has 2 aliphatic carbocycles. The van der Waals surface area contributed by atoms with Crippen LogP contribution in [-0.2, 0) is 28.7 Å². The van der Waals surface area contributed by atoms with Crippen LogP contribution in [0.15, 0.2) is 11.1 Å². The highest BCUT2D eigenvalue weighted by Gasteiger charge is 2.29. The van der Waals surface area contributed by atoms with Crippen LogP contribution in [0.3, 0.4) is 0 Å². The molecule has 30 heavy (non-hydrogen) atoms. The molecule has 2 N–H and O–H groups in total. The Labute approximate surface area is 176 Å². The number of carboxylic acids is 2. The zero-order valence-electron chi connectivity index (χ0n) is 17.7. The maximum atomic E-state index is 12.2. The van der Waals surface area contributed by atoms with Crippen molar-refractivity contribution in [2.45, 2.75) is 90.3 Å². The molecule has 0 atom stereocenters. The number of carbonyl (C=O) groups is 4. The fraction of sp³-hybridized carbons (Fsp3) is 0.727. The van der Waals surface area contributed by atoms with Gasteiger partial charge in [0.25, 0.3) is 0 Å². The highest BCUT2D eigenvalue weighted by Crippen LogP contribution is 2.28. The monoisotopic (exact) mass is 424 g/mol. The molecule has 2 aliphatic rings. The maximum Gasteiger partial charge on any atom is 0.332 e. The molecule has 0 aliphatic heterocycles. The highest BCUT2D eigenvalue weighted by atomic mass is 16.5. The fourth-order valence-electron chi connectivity index (χ4n) is 4.06. The van der Waals surface area contributed by atoms with Gasteiger partial charge < -0.3 is 19.7 Å². The lowest BCUT2D eigenvalue weighted by Gasteiger charge is -2.26. The molecule has 0 unspecified atom stereocenters. The minimum atomic E-state index is -1.55. The average molecular weight is 424 g/mol. The molecule has 0 heterocycles. The highest BCUT2D eigenvalue weighted by molar-refractivity contribution is 6.04. The number of esters is 2. The van der Waals surface area contributed by atoms with Gasteiger partial charge in [0, 0.05) is 0 Å². The molecule has 2 fully saturated rings. The van der Waals surface area contributed by atoms with E-state index in [1.807, 2.05) is 0 Å². The van der Waals surface area contributed by atoms with E-state index in [2.05, 4.69) is 13.8 Å². The van der Waals surface area contributed by atoms with Gasteiger partial charge in [-0.3, -0.25) is 9.59 Å². The van der Waals surface area contributed by atoms with Crippen LogP contribution in [-0.4, -0.2) is 46.3 Å². The minimum absolute atomic E-state index is 0.282. The van der Waals surface area contributed by atoms with E-state index in [0.29, 0.717) is 37.5 Å². The second-order valence-corrected chi connectivity index (χ2v) is 8.66. The van der Waals surface area contributed by atoms with Crippen LogP contribution in [0.2, 0.25) is 0 Å². The van der Waals surface area contributed by atoms with Crippen molar-refractivity contribution < 1.29 is 38.9 Å². The summed E-state index contributed by atoms with van der Waals surface area (Å²) in [5.41, 5.74) is -1.27. The second-order valence-electron chi connectivity index (χ2n) is 8.66. The first-order valence-corrected chi connectivity index (χ1v) is 10.7. The number of carbonyl (C=O) groups excluding carboxylic acids is 2. The summed E-state index contributed by atoms with van der Waals surface area (Å²) in [6.07, 6.45) is 4.55. The Morgan fingerprint density at radius 2 is 0.933 bits per heavy atom. The molecule has 2 rings (SSSR count). The summed E-state index contributed by atoms with van der Waals surface area (Å²) in [5.74, 6) is -3.57. The Kier molecular flexibility index (Phi) is 8.87. The first-order chi connectivity index (χ1) is 14.2. The largest absolute Gasteiger partial charge is 0.478 e. The summed E-state index contributed by atoms with van der Waals surface area (Å²) in [7, 11) is 0. The van der Waals surface area contributed by atoms with Crippen LogP contribution >= 0.6 is 0 Å². The molecule has 0 amide bonds. The van der Waals surface area contributed by atoms with Crippen molar-refractivity contribution in [3.8, 4) is 0 Å². The van der Waals surface area contributed by atoms with Gasteiger partial charge in [0.2, 0.25) is 0 Å². The maximum absolute atomic E-state index is 12.2. The van der Waals surface area contributed by atoms with E-state index in [4.69, 9.17) is 9.47 Å². The SMILES string of the molecule is CC1CCC(OC(=O)CC(C(=O)O)=C(CC(=O)OC2CCC(C)CC2)C(=O)O)CC1. The molecule has 0 bridgehead atoms. The molecule has 0 aromatic carbocycles. The van der Waals surface area contributed by atoms with Gasteiger partial charge in [-0.2, -0.15) is 0 Å². The molecule has 8 nitrogen and oxygen atoms in total. The molecule has 0 aromatic rings. The molecular weight excluding hydrogens is 392 g/mol. The van der Waals surface area contributed by atoms with Crippen molar-refractivity contribution in [2.75, 3.05) is 0 Å². The number of hydrogen-bond donors (Lipinski definition) is 2. The summed E-state index contributed by atoms with van der Waals surface area (Å²) >= 11 is 0. The summed E-state index contributed by atoms with van der Waals surface area (Å²) in [6.45, 7) is 4.24. The van der Waals surface area contributed by atoms with Crippen molar-refractivity contribution in [1.29, 1.82) is 0 Å². The summed E-state index contributed by atoms with van der Waals surface area (Å²) < 4.78 is 10.7. The Balaban J connectivity index is 2.01. The lowest BCUT2D eigenvalue weighted by Crippen LogP contribution is -2.26. The Hall–Kier alpha value is -2.38. The zero-order chi connectivity index (χ0) is 22.3.